The van der Waals surface area contributed by atoms with E-state index in [-0.39, 0.29) is 0 Å². The number of aromatic nitrogens is 2. The Kier molecular flexibility index (Phi) is 5.96. The van der Waals surface area contributed by atoms with Crippen molar-refractivity contribution in [3.63, 3.8) is 0 Å². The lowest BCUT2D eigenvalue weighted by atomic mass is 9.91. The molecule has 3 aromatic heterocycles. The van der Waals surface area contributed by atoms with E-state index in [0.717, 1.165) is 44.4 Å². The van der Waals surface area contributed by atoms with E-state index in [9.17, 15) is 0 Å². The van der Waals surface area contributed by atoms with Crippen molar-refractivity contribution in [3.05, 3.63) is 182 Å². The molecule has 0 unspecified atom stereocenters. The Bertz CT molecular complexity index is 3130. The second-order valence-electron chi connectivity index (χ2n) is 13.3. The van der Waals surface area contributed by atoms with Crippen LogP contribution in [0, 0.1) is 0 Å². The quantitative estimate of drug-likeness (QED) is 0.186. The molecule has 0 radical (unpaired) electrons. The second kappa shape index (κ2) is 10.8. The molecule has 0 saturated heterocycles. The number of para-hydroxylation sites is 6. The third-order valence-corrected chi connectivity index (χ3v) is 10.5. The summed E-state index contributed by atoms with van der Waals surface area (Å²) in [6.07, 6.45) is 0. The fourth-order valence-corrected chi connectivity index (χ4v) is 8.42. The number of hydrogen-bond acceptors (Lipinski definition) is 1. The van der Waals surface area contributed by atoms with Crippen LogP contribution in [-0.2, 0) is 0 Å². The minimum atomic E-state index is 0.881. The summed E-state index contributed by atoms with van der Waals surface area (Å²) in [7, 11) is 0. The summed E-state index contributed by atoms with van der Waals surface area (Å²) in [6.45, 7) is 0. The molecule has 3 heteroatoms. The number of benzene rings is 8. The van der Waals surface area contributed by atoms with Crippen LogP contribution in [0.25, 0.3) is 99.2 Å². The zero-order chi connectivity index (χ0) is 33.5. The van der Waals surface area contributed by atoms with Gasteiger partial charge in [0, 0.05) is 49.3 Å². The third-order valence-electron chi connectivity index (χ3n) is 10.5. The summed E-state index contributed by atoms with van der Waals surface area (Å²) in [5.41, 5.74) is 13.4. The molecule has 0 aliphatic rings. The largest absolute Gasteiger partial charge is 0.456 e. The molecule has 0 N–H and O–H groups in total. The highest BCUT2D eigenvalue weighted by Crippen LogP contribution is 2.46. The summed E-state index contributed by atoms with van der Waals surface area (Å²) >= 11 is 0. The summed E-state index contributed by atoms with van der Waals surface area (Å²) in [5, 5.41) is 7.17. The van der Waals surface area contributed by atoms with Gasteiger partial charge in [-0.05, 0) is 77.4 Å². The van der Waals surface area contributed by atoms with Crippen LogP contribution >= 0.6 is 0 Å². The molecular formula is C48H30N2O. The fourth-order valence-electron chi connectivity index (χ4n) is 8.42. The van der Waals surface area contributed by atoms with E-state index in [1.165, 1.54) is 54.7 Å². The Morgan fingerprint density at radius 3 is 1.69 bits per heavy atom. The molecule has 0 spiro atoms. The SMILES string of the molecule is c1ccc(-n2c3ccccc3c3c(-c4cc(-c5cccc6c7ccccc7n(-c7ccccc7)c56)c5c(c4)oc4ccccc45)cccc32)cc1. The van der Waals surface area contributed by atoms with Crippen LogP contribution in [0.15, 0.2) is 186 Å². The molecule has 238 valence electrons. The molecule has 0 saturated carbocycles. The monoisotopic (exact) mass is 650 g/mol. The first-order valence-electron chi connectivity index (χ1n) is 17.4. The number of rotatable bonds is 4. The van der Waals surface area contributed by atoms with Crippen molar-refractivity contribution in [1.29, 1.82) is 0 Å². The molecule has 11 rings (SSSR count). The highest BCUT2D eigenvalue weighted by atomic mass is 16.3. The lowest BCUT2D eigenvalue weighted by molar-refractivity contribution is 0.669. The van der Waals surface area contributed by atoms with Gasteiger partial charge in [-0.15, -0.1) is 0 Å². The maximum atomic E-state index is 6.72. The maximum Gasteiger partial charge on any atom is 0.136 e. The first-order valence-corrected chi connectivity index (χ1v) is 17.4. The van der Waals surface area contributed by atoms with Crippen LogP contribution in [0.1, 0.15) is 0 Å². The van der Waals surface area contributed by atoms with Gasteiger partial charge in [0.05, 0.1) is 22.1 Å². The van der Waals surface area contributed by atoms with Gasteiger partial charge >= 0.3 is 0 Å². The number of hydrogen-bond donors (Lipinski definition) is 0. The molecule has 8 aromatic carbocycles. The maximum absolute atomic E-state index is 6.72. The van der Waals surface area contributed by atoms with Crippen molar-refractivity contribution in [1.82, 2.24) is 9.13 Å². The van der Waals surface area contributed by atoms with E-state index in [0.29, 0.717) is 0 Å². The van der Waals surface area contributed by atoms with Crippen LogP contribution in [0.2, 0.25) is 0 Å². The molecule has 0 aliphatic carbocycles. The average Bonchev–Trinajstić information content (AvgIpc) is 3.86. The Hall–Kier alpha value is -6.84. The number of nitrogens with zero attached hydrogens (tertiary/aromatic N) is 2. The topological polar surface area (TPSA) is 23.0 Å². The number of furan rings is 1. The van der Waals surface area contributed by atoms with E-state index < -0.39 is 0 Å². The molecule has 0 fully saturated rings. The van der Waals surface area contributed by atoms with E-state index in [1.54, 1.807) is 0 Å². The van der Waals surface area contributed by atoms with Gasteiger partial charge in [0.1, 0.15) is 11.2 Å². The zero-order valence-corrected chi connectivity index (χ0v) is 27.6. The first-order chi connectivity index (χ1) is 25.3. The average molecular weight is 651 g/mol. The molecule has 11 aromatic rings. The molecule has 3 nitrogen and oxygen atoms in total. The van der Waals surface area contributed by atoms with Gasteiger partial charge in [-0.2, -0.15) is 0 Å². The van der Waals surface area contributed by atoms with Gasteiger partial charge in [0.15, 0.2) is 0 Å². The molecular weight excluding hydrogens is 621 g/mol. The van der Waals surface area contributed by atoms with Crippen molar-refractivity contribution in [2.24, 2.45) is 0 Å². The van der Waals surface area contributed by atoms with Crippen LogP contribution < -0.4 is 0 Å². The summed E-state index contributed by atoms with van der Waals surface area (Å²) in [6, 6.07) is 65.4. The molecule has 0 bridgehead atoms. The van der Waals surface area contributed by atoms with Gasteiger partial charge in [-0.1, -0.05) is 121 Å². The lowest BCUT2D eigenvalue weighted by Gasteiger charge is -2.14. The minimum absolute atomic E-state index is 0.881. The molecule has 0 atom stereocenters. The smallest absolute Gasteiger partial charge is 0.136 e. The predicted molar refractivity (Wildman–Crippen MR) is 213 cm³/mol. The lowest BCUT2D eigenvalue weighted by Crippen LogP contribution is -1.95. The van der Waals surface area contributed by atoms with Gasteiger partial charge in [0.25, 0.3) is 0 Å². The Labute approximate surface area is 293 Å². The van der Waals surface area contributed by atoms with Crippen molar-refractivity contribution in [2.45, 2.75) is 0 Å². The molecule has 3 heterocycles. The Morgan fingerprint density at radius 1 is 0.333 bits per heavy atom. The minimum Gasteiger partial charge on any atom is -0.456 e. The Morgan fingerprint density at radius 2 is 0.902 bits per heavy atom. The van der Waals surface area contributed by atoms with Crippen LogP contribution in [-0.4, -0.2) is 9.13 Å². The van der Waals surface area contributed by atoms with Crippen LogP contribution in [0.5, 0.6) is 0 Å². The van der Waals surface area contributed by atoms with Gasteiger partial charge in [-0.3, -0.25) is 0 Å². The van der Waals surface area contributed by atoms with Crippen molar-refractivity contribution >= 4 is 65.6 Å². The van der Waals surface area contributed by atoms with Gasteiger partial charge < -0.3 is 13.6 Å². The van der Waals surface area contributed by atoms with Gasteiger partial charge in [0.2, 0.25) is 0 Å². The van der Waals surface area contributed by atoms with E-state index in [1.807, 2.05) is 0 Å². The highest BCUT2D eigenvalue weighted by molar-refractivity contribution is 6.21. The van der Waals surface area contributed by atoms with Gasteiger partial charge in [-0.25, -0.2) is 0 Å². The van der Waals surface area contributed by atoms with Crippen LogP contribution in [0.3, 0.4) is 0 Å². The third kappa shape index (κ3) is 4.06. The highest BCUT2D eigenvalue weighted by Gasteiger charge is 2.22. The molecule has 0 amide bonds. The van der Waals surface area contributed by atoms with Crippen molar-refractivity contribution < 1.29 is 4.42 Å². The van der Waals surface area contributed by atoms with Crippen LogP contribution in [0.4, 0.5) is 0 Å². The van der Waals surface area contributed by atoms with E-state index in [4.69, 9.17) is 4.42 Å². The van der Waals surface area contributed by atoms with E-state index >= 15 is 0 Å². The van der Waals surface area contributed by atoms with Crippen molar-refractivity contribution in [2.75, 3.05) is 0 Å². The Balaban J connectivity index is 1.28. The van der Waals surface area contributed by atoms with Crippen molar-refractivity contribution in [3.8, 4) is 33.6 Å². The number of fused-ring (bicyclic) bond motifs is 9. The second-order valence-corrected chi connectivity index (χ2v) is 13.3. The molecule has 0 aliphatic heterocycles. The first kappa shape index (κ1) is 28.0. The fraction of sp³-hybridized carbons (Fsp3) is 0. The predicted octanol–water partition coefficient (Wildman–Crippen LogP) is 13.1. The molecule has 51 heavy (non-hydrogen) atoms. The summed E-state index contributed by atoms with van der Waals surface area (Å²) in [4.78, 5) is 0. The summed E-state index contributed by atoms with van der Waals surface area (Å²) in [5.74, 6) is 0. The summed E-state index contributed by atoms with van der Waals surface area (Å²) < 4.78 is 11.5. The normalized spacial score (nSPS) is 11.9. The van der Waals surface area contributed by atoms with E-state index in [2.05, 4.69) is 191 Å². The standard InChI is InChI=1S/C48H30N2O/c1-3-15-32(16-4-1)49-42-26-11-8-20-38(42)46-34(22-14-27-43(46)49)31-29-40(47-39-21-9-12-28-44(39)51-45(47)30-31)37-24-13-23-36-35-19-7-10-25-41(35)50(48(36)37)33-17-5-2-6-18-33/h1-30H. The zero-order valence-electron chi connectivity index (χ0n) is 27.6.